The smallest absolute Gasteiger partial charge is 0.306 e. The van der Waals surface area contributed by atoms with Crippen LogP contribution in [0.1, 0.15) is 85.0 Å². The highest BCUT2D eigenvalue weighted by atomic mass is 32.1. The highest BCUT2D eigenvalue weighted by molar-refractivity contribution is 7.78. The minimum atomic E-state index is -0.709. The summed E-state index contributed by atoms with van der Waals surface area (Å²) >= 11 is 4.53. The van der Waals surface area contributed by atoms with Crippen LogP contribution in [0.3, 0.4) is 0 Å². The number of thiocarbonyl (C=S) groups is 1. The predicted octanol–water partition coefficient (Wildman–Crippen LogP) is 5.98. The van der Waals surface area contributed by atoms with Gasteiger partial charge in [0, 0.05) is 0 Å². The number of unbranched alkanes of at least 4 members (excludes halogenated alkanes) is 6. The van der Waals surface area contributed by atoms with Crippen LogP contribution in [0.15, 0.2) is 4.99 Å². The van der Waals surface area contributed by atoms with Crippen LogP contribution in [0.25, 0.3) is 0 Å². The van der Waals surface area contributed by atoms with Gasteiger partial charge in [-0.25, -0.2) is 4.99 Å². The Bertz CT molecular complexity index is 353. The van der Waals surface area contributed by atoms with Crippen LogP contribution in [-0.2, 0) is 4.79 Å². The molecule has 0 rings (SSSR count). The van der Waals surface area contributed by atoms with Crippen molar-refractivity contribution in [3.05, 3.63) is 0 Å². The monoisotopic (exact) mass is 341 g/mol. The number of rotatable bonds is 15. The molecule has 0 aromatic heterocycles. The second kappa shape index (κ2) is 14.8. The van der Waals surface area contributed by atoms with E-state index in [2.05, 4.69) is 43.1 Å². The lowest BCUT2D eigenvalue weighted by Crippen LogP contribution is -2.21. The number of carbonyl (C=O) groups is 1. The number of carboxylic acids is 1. The Balaban J connectivity index is 3.94. The molecule has 0 aromatic carbocycles. The van der Waals surface area contributed by atoms with Gasteiger partial charge in [0.05, 0.1) is 17.6 Å². The van der Waals surface area contributed by atoms with Crippen LogP contribution in [0, 0.1) is 17.8 Å². The topological polar surface area (TPSA) is 49.7 Å². The SMILES string of the molecule is CCCCCCCCCC(C)C(C)CC(CCN=C=S)C(=O)O. The summed E-state index contributed by atoms with van der Waals surface area (Å²) in [6.45, 7) is 7.16. The van der Waals surface area contributed by atoms with Gasteiger partial charge in [0.25, 0.3) is 0 Å². The molecule has 0 aliphatic carbocycles. The highest BCUT2D eigenvalue weighted by Gasteiger charge is 2.22. The number of aliphatic imine (C=N–C) groups is 1. The van der Waals surface area contributed by atoms with E-state index in [1.165, 1.54) is 51.4 Å². The molecule has 3 nitrogen and oxygen atoms in total. The van der Waals surface area contributed by atoms with Crippen molar-refractivity contribution in [3.8, 4) is 0 Å². The summed E-state index contributed by atoms with van der Waals surface area (Å²) in [7, 11) is 0. The summed E-state index contributed by atoms with van der Waals surface area (Å²) in [5.74, 6) is 0.00213. The average molecular weight is 342 g/mol. The van der Waals surface area contributed by atoms with E-state index in [0.717, 1.165) is 6.42 Å². The zero-order valence-corrected chi connectivity index (χ0v) is 16.0. The van der Waals surface area contributed by atoms with Crippen LogP contribution >= 0.6 is 12.2 Å². The van der Waals surface area contributed by atoms with Crippen LogP contribution < -0.4 is 0 Å². The molecule has 23 heavy (non-hydrogen) atoms. The van der Waals surface area contributed by atoms with E-state index in [9.17, 15) is 9.90 Å². The third kappa shape index (κ3) is 12.4. The number of hydrogen-bond acceptors (Lipinski definition) is 3. The molecule has 0 aromatic rings. The number of nitrogens with zero attached hydrogens (tertiary/aromatic N) is 1. The molecule has 0 amide bonds. The zero-order chi connectivity index (χ0) is 17.5. The lowest BCUT2D eigenvalue weighted by Gasteiger charge is -2.23. The quantitative estimate of drug-likeness (QED) is 0.226. The summed E-state index contributed by atoms with van der Waals surface area (Å²) in [5, 5.41) is 11.6. The third-order valence-corrected chi connectivity index (χ3v) is 5.02. The molecule has 0 saturated heterocycles. The molecule has 0 aliphatic heterocycles. The Morgan fingerprint density at radius 3 is 2.22 bits per heavy atom. The maximum Gasteiger partial charge on any atom is 0.306 e. The molecule has 134 valence electrons. The number of isothiocyanates is 1. The Hall–Kier alpha value is -0.730. The van der Waals surface area contributed by atoms with Crippen molar-refractivity contribution in [3.63, 3.8) is 0 Å². The molecular formula is C19H35NO2S. The van der Waals surface area contributed by atoms with Gasteiger partial charge in [0.1, 0.15) is 0 Å². The largest absolute Gasteiger partial charge is 0.481 e. The maximum atomic E-state index is 11.3. The number of aliphatic carboxylic acids is 1. The molecular weight excluding hydrogens is 306 g/mol. The molecule has 0 bridgehead atoms. The van der Waals surface area contributed by atoms with Crippen LogP contribution in [-0.4, -0.2) is 22.8 Å². The number of carboxylic acid groups (broad SMARTS) is 1. The molecule has 4 heteroatoms. The Kier molecular flexibility index (Phi) is 14.4. The first kappa shape index (κ1) is 22.3. The van der Waals surface area contributed by atoms with Gasteiger partial charge in [-0.2, -0.15) is 0 Å². The van der Waals surface area contributed by atoms with Gasteiger partial charge < -0.3 is 5.11 Å². The second-order valence-electron chi connectivity index (χ2n) is 6.90. The lowest BCUT2D eigenvalue weighted by atomic mass is 9.83. The van der Waals surface area contributed by atoms with E-state index in [1.807, 2.05) is 0 Å². The van der Waals surface area contributed by atoms with Crippen molar-refractivity contribution in [1.29, 1.82) is 0 Å². The van der Waals surface area contributed by atoms with Crippen LogP contribution in [0.5, 0.6) is 0 Å². The molecule has 0 spiro atoms. The fourth-order valence-electron chi connectivity index (χ4n) is 3.00. The molecule has 0 heterocycles. The lowest BCUT2D eigenvalue weighted by molar-refractivity contribution is -0.142. The van der Waals surface area contributed by atoms with Crippen LogP contribution in [0.4, 0.5) is 0 Å². The molecule has 3 atom stereocenters. The zero-order valence-electron chi connectivity index (χ0n) is 15.2. The Morgan fingerprint density at radius 2 is 1.65 bits per heavy atom. The highest BCUT2D eigenvalue weighted by Crippen LogP contribution is 2.26. The van der Waals surface area contributed by atoms with Gasteiger partial charge in [-0.3, -0.25) is 4.79 Å². The summed E-state index contributed by atoms with van der Waals surface area (Å²) in [6.07, 6.45) is 11.8. The van der Waals surface area contributed by atoms with Crippen molar-refractivity contribution in [2.75, 3.05) is 6.54 Å². The van der Waals surface area contributed by atoms with Crippen molar-refractivity contribution in [1.82, 2.24) is 0 Å². The maximum absolute atomic E-state index is 11.3. The fraction of sp³-hybridized carbons (Fsp3) is 0.895. The number of hydrogen-bond donors (Lipinski definition) is 1. The molecule has 0 saturated carbocycles. The van der Waals surface area contributed by atoms with Gasteiger partial charge in [-0.05, 0) is 36.9 Å². The summed E-state index contributed by atoms with van der Waals surface area (Å²) < 4.78 is 0. The summed E-state index contributed by atoms with van der Waals surface area (Å²) in [6, 6.07) is 0. The van der Waals surface area contributed by atoms with Gasteiger partial charge >= 0.3 is 5.97 Å². The molecule has 0 fully saturated rings. The Morgan fingerprint density at radius 1 is 1.04 bits per heavy atom. The van der Waals surface area contributed by atoms with Gasteiger partial charge in [0.15, 0.2) is 0 Å². The predicted molar refractivity (Wildman–Crippen MR) is 101 cm³/mol. The van der Waals surface area contributed by atoms with Gasteiger partial charge in [0.2, 0.25) is 0 Å². The average Bonchev–Trinajstić information content (AvgIpc) is 2.52. The van der Waals surface area contributed by atoms with Crippen molar-refractivity contribution < 1.29 is 9.90 Å². The molecule has 1 N–H and O–H groups in total. The standard InChI is InChI=1S/C19H35NO2S/c1-4-5-6-7-8-9-10-11-16(2)17(3)14-18(19(21)22)12-13-20-15-23/h16-18H,4-14H2,1-3H3,(H,21,22). The van der Waals surface area contributed by atoms with E-state index >= 15 is 0 Å². The van der Waals surface area contributed by atoms with E-state index in [1.54, 1.807) is 0 Å². The van der Waals surface area contributed by atoms with Crippen LogP contribution in [0.2, 0.25) is 0 Å². The normalized spacial score (nSPS) is 14.7. The molecule has 0 radical (unpaired) electrons. The first-order valence-corrected chi connectivity index (χ1v) is 9.70. The van der Waals surface area contributed by atoms with Gasteiger partial charge in [-0.1, -0.05) is 72.1 Å². The summed E-state index contributed by atoms with van der Waals surface area (Å²) in [5.41, 5.74) is 0. The minimum absolute atomic E-state index is 0.311. The van der Waals surface area contributed by atoms with Crippen molar-refractivity contribution >= 4 is 23.3 Å². The second-order valence-corrected chi connectivity index (χ2v) is 7.08. The van der Waals surface area contributed by atoms with Crippen molar-refractivity contribution in [2.45, 2.75) is 85.0 Å². The van der Waals surface area contributed by atoms with Crippen molar-refractivity contribution in [2.24, 2.45) is 22.7 Å². The molecule has 3 unspecified atom stereocenters. The first-order chi connectivity index (χ1) is 11.0. The molecule has 0 aliphatic rings. The minimum Gasteiger partial charge on any atom is -0.481 e. The fourth-order valence-corrected chi connectivity index (χ4v) is 3.09. The third-order valence-electron chi connectivity index (χ3n) is 4.89. The van der Waals surface area contributed by atoms with E-state index < -0.39 is 5.97 Å². The summed E-state index contributed by atoms with van der Waals surface area (Å²) in [4.78, 5) is 15.2. The van der Waals surface area contributed by atoms with E-state index in [-0.39, 0.29) is 5.92 Å². The van der Waals surface area contributed by atoms with E-state index in [4.69, 9.17) is 0 Å². The first-order valence-electron chi connectivity index (χ1n) is 9.29. The Labute approximate surface area is 148 Å². The van der Waals surface area contributed by atoms with E-state index in [0.29, 0.717) is 24.8 Å². The van der Waals surface area contributed by atoms with Gasteiger partial charge in [-0.15, -0.1) is 0 Å².